The predicted molar refractivity (Wildman–Crippen MR) is 118 cm³/mol. The number of para-hydroxylation sites is 1. The maximum Gasteiger partial charge on any atom is 0.257 e. The van der Waals surface area contributed by atoms with E-state index in [0.717, 1.165) is 11.1 Å². The van der Waals surface area contributed by atoms with Crippen molar-refractivity contribution in [1.29, 1.82) is 0 Å². The molecular formula is C24H32N2O2. The zero-order chi connectivity index (χ0) is 21.3. The number of rotatable bonds is 4. The van der Waals surface area contributed by atoms with E-state index < -0.39 is 0 Å². The van der Waals surface area contributed by atoms with Gasteiger partial charge in [-0.3, -0.25) is 9.59 Å². The van der Waals surface area contributed by atoms with Crippen molar-refractivity contribution in [3.8, 4) is 0 Å². The minimum Gasteiger partial charge on any atom is -0.360 e. The van der Waals surface area contributed by atoms with Crippen molar-refractivity contribution in [1.82, 2.24) is 10.3 Å². The Morgan fingerprint density at radius 1 is 1.11 bits per heavy atom. The first kappa shape index (κ1) is 21.7. The fourth-order valence-corrected chi connectivity index (χ4v) is 3.08. The Morgan fingerprint density at radius 3 is 2.29 bits per heavy atom. The lowest BCUT2D eigenvalue weighted by Crippen LogP contribution is -2.39. The monoisotopic (exact) mass is 380 g/mol. The third-order valence-electron chi connectivity index (χ3n) is 5.01. The minimum absolute atomic E-state index is 0.0598. The van der Waals surface area contributed by atoms with Crippen LogP contribution in [0.3, 0.4) is 0 Å². The number of aromatic amines is 1. The third-order valence-corrected chi connectivity index (χ3v) is 5.01. The van der Waals surface area contributed by atoms with E-state index in [1.807, 2.05) is 19.1 Å². The Bertz CT molecular complexity index is 982. The number of pyridine rings is 1. The number of carbonyl (C=O) groups excluding carboxylic acids is 1. The SMILES string of the molecule is C=C(/C=C(\C(C)NC(=O)c1c[nH]c2ccccc2c1=O)C(C)(C)C)C(C)(C)C. The standard InChI is InChI=1S/C24H32N2O2/c1-15(23(3,4)5)13-19(24(6,7)8)16(2)26-22(28)18-14-25-20-12-10-9-11-17(20)21(18)27/h9-14,16H,1H2,2-8H3,(H,25,27)(H,26,28)/b19-13+. The molecule has 2 aromatic rings. The molecule has 1 atom stereocenters. The van der Waals surface area contributed by atoms with Crippen LogP contribution in [0.4, 0.5) is 0 Å². The number of amides is 1. The molecule has 0 aliphatic rings. The van der Waals surface area contributed by atoms with Crippen molar-refractivity contribution in [2.24, 2.45) is 10.8 Å². The fourth-order valence-electron chi connectivity index (χ4n) is 3.08. The van der Waals surface area contributed by atoms with Gasteiger partial charge in [0.2, 0.25) is 5.43 Å². The molecule has 1 aromatic carbocycles. The van der Waals surface area contributed by atoms with Gasteiger partial charge in [-0.15, -0.1) is 0 Å². The van der Waals surface area contributed by atoms with E-state index in [1.165, 1.54) is 6.20 Å². The van der Waals surface area contributed by atoms with Crippen molar-refractivity contribution in [2.45, 2.75) is 54.5 Å². The van der Waals surface area contributed by atoms with Crippen molar-refractivity contribution in [2.75, 3.05) is 0 Å². The smallest absolute Gasteiger partial charge is 0.257 e. The molecule has 0 fully saturated rings. The summed E-state index contributed by atoms with van der Waals surface area (Å²) in [7, 11) is 0. The van der Waals surface area contributed by atoms with Gasteiger partial charge < -0.3 is 10.3 Å². The Labute approximate surface area is 167 Å². The van der Waals surface area contributed by atoms with Crippen molar-refractivity contribution >= 4 is 16.8 Å². The van der Waals surface area contributed by atoms with E-state index in [1.54, 1.807) is 12.1 Å². The molecule has 0 radical (unpaired) electrons. The molecule has 4 heteroatoms. The summed E-state index contributed by atoms with van der Waals surface area (Å²) in [5.41, 5.74) is 2.42. The Balaban J connectivity index is 2.36. The maximum absolute atomic E-state index is 12.9. The molecule has 0 saturated heterocycles. The molecular weight excluding hydrogens is 348 g/mol. The van der Waals surface area contributed by atoms with Crippen LogP contribution in [0, 0.1) is 10.8 Å². The van der Waals surface area contributed by atoms with Crippen LogP contribution < -0.4 is 10.7 Å². The zero-order valence-corrected chi connectivity index (χ0v) is 18.1. The van der Waals surface area contributed by atoms with Gasteiger partial charge in [0.05, 0.1) is 0 Å². The Kier molecular flexibility index (Phi) is 6.03. The number of hydrogen-bond acceptors (Lipinski definition) is 2. The Morgan fingerprint density at radius 2 is 1.71 bits per heavy atom. The van der Waals surface area contributed by atoms with Gasteiger partial charge >= 0.3 is 0 Å². The normalized spacial score (nSPS) is 14.0. The number of aromatic nitrogens is 1. The fraction of sp³-hybridized carbons (Fsp3) is 0.417. The topological polar surface area (TPSA) is 62.0 Å². The van der Waals surface area contributed by atoms with Crippen LogP contribution in [-0.2, 0) is 0 Å². The molecule has 150 valence electrons. The van der Waals surface area contributed by atoms with Crippen LogP contribution in [-0.4, -0.2) is 16.9 Å². The summed E-state index contributed by atoms with van der Waals surface area (Å²) in [6.45, 7) is 18.8. The van der Waals surface area contributed by atoms with Gasteiger partial charge in [-0.25, -0.2) is 0 Å². The average Bonchev–Trinajstić information content (AvgIpc) is 2.57. The molecule has 28 heavy (non-hydrogen) atoms. The summed E-state index contributed by atoms with van der Waals surface area (Å²) >= 11 is 0. The van der Waals surface area contributed by atoms with E-state index >= 15 is 0 Å². The zero-order valence-electron chi connectivity index (χ0n) is 18.1. The van der Waals surface area contributed by atoms with E-state index in [9.17, 15) is 9.59 Å². The summed E-state index contributed by atoms with van der Waals surface area (Å²) in [6.07, 6.45) is 3.57. The van der Waals surface area contributed by atoms with Gasteiger partial charge in [0.25, 0.3) is 5.91 Å². The summed E-state index contributed by atoms with van der Waals surface area (Å²) in [4.78, 5) is 28.6. The van der Waals surface area contributed by atoms with Crippen molar-refractivity contribution in [3.05, 3.63) is 70.1 Å². The number of hydrogen-bond donors (Lipinski definition) is 2. The second-order valence-corrected chi connectivity index (χ2v) is 9.40. The highest BCUT2D eigenvalue weighted by Gasteiger charge is 2.26. The van der Waals surface area contributed by atoms with Crippen LogP contribution >= 0.6 is 0 Å². The first-order valence-electron chi connectivity index (χ1n) is 9.65. The number of H-pyrrole nitrogens is 1. The summed E-state index contributed by atoms with van der Waals surface area (Å²) in [5.74, 6) is -0.379. The Hall–Kier alpha value is -2.62. The first-order chi connectivity index (χ1) is 12.8. The quantitative estimate of drug-likeness (QED) is 0.714. The average molecular weight is 381 g/mol. The van der Waals surface area contributed by atoms with Gasteiger partial charge in [0.15, 0.2) is 0 Å². The van der Waals surface area contributed by atoms with Gasteiger partial charge in [0.1, 0.15) is 5.56 Å². The number of fused-ring (bicyclic) bond motifs is 1. The van der Waals surface area contributed by atoms with Crippen LogP contribution in [0.25, 0.3) is 10.9 Å². The van der Waals surface area contributed by atoms with E-state index in [4.69, 9.17) is 0 Å². The van der Waals surface area contributed by atoms with Crippen LogP contribution in [0.15, 0.2) is 59.1 Å². The largest absolute Gasteiger partial charge is 0.360 e. The van der Waals surface area contributed by atoms with E-state index in [2.05, 4.69) is 64.5 Å². The van der Waals surface area contributed by atoms with Gasteiger partial charge in [-0.1, -0.05) is 66.3 Å². The summed E-state index contributed by atoms with van der Waals surface area (Å²) in [5, 5.41) is 3.51. The second-order valence-electron chi connectivity index (χ2n) is 9.40. The lowest BCUT2D eigenvalue weighted by molar-refractivity contribution is 0.0941. The molecule has 4 nitrogen and oxygen atoms in total. The van der Waals surface area contributed by atoms with E-state index in [-0.39, 0.29) is 33.8 Å². The highest BCUT2D eigenvalue weighted by atomic mass is 16.2. The molecule has 0 aliphatic heterocycles. The molecule has 1 amide bonds. The first-order valence-corrected chi connectivity index (χ1v) is 9.65. The third kappa shape index (κ3) is 4.80. The van der Waals surface area contributed by atoms with Crippen LogP contribution in [0.2, 0.25) is 0 Å². The number of benzene rings is 1. The minimum atomic E-state index is -0.379. The van der Waals surface area contributed by atoms with Crippen LogP contribution in [0.1, 0.15) is 58.8 Å². The molecule has 0 spiro atoms. The van der Waals surface area contributed by atoms with Crippen LogP contribution in [0.5, 0.6) is 0 Å². The van der Waals surface area contributed by atoms with Gasteiger partial charge in [-0.05, 0) is 41.0 Å². The highest BCUT2D eigenvalue weighted by Crippen LogP contribution is 2.33. The van der Waals surface area contributed by atoms with E-state index in [0.29, 0.717) is 10.9 Å². The lowest BCUT2D eigenvalue weighted by Gasteiger charge is -2.31. The molecule has 1 unspecified atom stereocenters. The molecule has 0 saturated carbocycles. The maximum atomic E-state index is 12.9. The van der Waals surface area contributed by atoms with Crippen molar-refractivity contribution < 1.29 is 4.79 Å². The van der Waals surface area contributed by atoms with Gasteiger partial charge in [-0.2, -0.15) is 0 Å². The number of carbonyl (C=O) groups is 1. The molecule has 1 aromatic heterocycles. The van der Waals surface area contributed by atoms with Gasteiger partial charge in [0, 0.05) is 23.1 Å². The second kappa shape index (κ2) is 7.78. The summed E-state index contributed by atoms with van der Waals surface area (Å²) in [6, 6.07) is 6.95. The molecule has 2 rings (SSSR count). The summed E-state index contributed by atoms with van der Waals surface area (Å²) < 4.78 is 0. The molecule has 0 bridgehead atoms. The number of allylic oxidation sites excluding steroid dienone is 2. The highest BCUT2D eigenvalue weighted by molar-refractivity contribution is 5.97. The number of nitrogens with one attached hydrogen (secondary N) is 2. The molecule has 0 aliphatic carbocycles. The predicted octanol–water partition coefficient (Wildman–Crippen LogP) is 5.22. The molecule has 2 N–H and O–H groups in total. The van der Waals surface area contributed by atoms with Crippen molar-refractivity contribution in [3.63, 3.8) is 0 Å². The lowest BCUT2D eigenvalue weighted by atomic mass is 9.78. The molecule has 1 heterocycles.